The van der Waals surface area contributed by atoms with Gasteiger partial charge in [-0.3, -0.25) is 9.59 Å². The molecule has 3 rings (SSSR count). The van der Waals surface area contributed by atoms with Crippen LogP contribution in [0.3, 0.4) is 0 Å². The number of nitrogens with zero attached hydrogens (tertiary/aromatic N) is 2. The van der Waals surface area contributed by atoms with Gasteiger partial charge in [0.15, 0.2) is 11.6 Å². The molecule has 0 radical (unpaired) electrons. The van der Waals surface area contributed by atoms with Crippen molar-refractivity contribution in [2.75, 3.05) is 12.0 Å². The zero-order valence-corrected chi connectivity index (χ0v) is 22.7. The third kappa shape index (κ3) is 7.28. The lowest BCUT2D eigenvalue weighted by Crippen LogP contribution is -2.43. The van der Waals surface area contributed by atoms with Gasteiger partial charge < -0.3 is 19.5 Å². The number of aromatic nitrogens is 1. The van der Waals surface area contributed by atoms with Gasteiger partial charge in [-0.2, -0.15) is 13.2 Å². The highest BCUT2D eigenvalue weighted by atomic mass is 19.4. The fraction of sp³-hybridized carbons (Fsp3) is 0.500. The SMILES string of the molecule is COC(=O)c1cc(Oc2ncc(CCC(=O)O)cc2C(F)(F)F)c(F)cc1N(C(=O)[C@H]1CC[C@H](C)CC1)C(C)C. The first kappa shape index (κ1) is 30.8. The maximum Gasteiger partial charge on any atom is 0.421 e. The monoisotopic (exact) mass is 568 g/mol. The third-order valence-corrected chi connectivity index (χ3v) is 6.88. The number of hydrogen-bond donors (Lipinski definition) is 1. The smallest absolute Gasteiger partial charge is 0.421 e. The Morgan fingerprint density at radius 3 is 2.33 bits per heavy atom. The first-order chi connectivity index (χ1) is 18.7. The summed E-state index contributed by atoms with van der Waals surface area (Å²) in [4.78, 5) is 42.0. The number of carbonyl (C=O) groups is 3. The van der Waals surface area contributed by atoms with E-state index in [1.807, 2.05) is 0 Å². The molecule has 1 aliphatic carbocycles. The molecule has 0 atom stereocenters. The number of hydrogen-bond acceptors (Lipinski definition) is 6. The number of benzene rings is 1. The zero-order chi connectivity index (χ0) is 29.8. The van der Waals surface area contributed by atoms with Gasteiger partial charge in [0.2, 0.25) is 11.8 Å². The van der Waals surface area contributed by atoms with E-state index in [0.29, 0.717) is 24.8 Å². The number of aryl methyl sites for hydroxylation is 1. The quantitative estimate of drug-likeness (QED) is 0.276. The molecule has 0 aliphatic heterocycles. The van der Waals surface area contributed by atoms with Crippen molar-refractivity contribution < 1.29 is 46.5 Å². The van der Waals surface area contributed by atoms with Gasteiger partial charge in [-0.05, 0) is 63.5 Å². The lowest BCUT2D eigenvalue weighted by Gasteiger charge is -2.34. The molecule has 1 aromatic heterocycles. The number of rotatable bonds is 9. The van der Waals surface area contributed by atoms with Crippen molar-refractivity contribution in [2.45, 2.75) is 71.5 Å². The molecule has 0 saturated heterocycles. The van der Waals surface area contributed by atoms with Crippen LogP contribution in [0.5, 0.6) is 11.6 Å². The minimum absolute atomic E-state index is 0.00339. The van der Waals surface area contributed by atoms with E-state index in [0.717, 1.165) is 38.3 Å². The molecule has 40 heavy (non-hydrogen) atoms. The summed E-state index contributed by atoms with van der Waals surface area (Å²) >= 11 is 0. The van der Waals surface area contributed by atoms with E-state index in [1.165, 1.54) is 4.90 Å². The van der Waals surface area contributed by atoms with Crippen LogP contribution in [-0.2, 0) is 26.9 Å². The summed E-state index contributed by atoms with van der Waals surface area (Å²) < 4.78 is 66.8. The fourth-order valence-electron chi connectivity index (χ4n) is 4.72. The molecule has 12 heteroatoms. The minimum Gasteiger partial charge on any atom is -0.481 e. The number of aliphatic carboxylic acids is 1. The molecule has 8 nitrogen and oxygen atoms in total. The largest absolute Gasteiger partial charge is 0.481 e. The van der Waals surface area contributed by atoms with Crippen molar-refractivity contribution in [3.8, 4) is 11.6 Å². The predicted molar refractivity (Wildman–Crippen MR) is 137 cm³/mol. The van der Waals surface area contributed by atoms with E-state index in [9.17, 15) is 27.6 Å². The number of ether oxygens (including phenoxy) is 2. The Kier molecular flexibility index (Phi) is 9.75. The molecule has 1 aromatic carbocycles. The van der Waals surface area contributed by atoms with Gasteiger partial charge in [-0.25, -0.2) is 14.2 Å². The number of anilines is 1. The average Bonchev–Trinajstić information content (AvgIpc) is 2.88. The second-order valence-corrected chi connectivity index (χ2v) is 10.2. The van der Waals surface area contributed by atoms with Gasteiger partial charge in [0, 0.05) is 36.7 Å². The number of pyridine rings is 1. The summed E-state index contributed by atoms with van der Waals surface area (Å²) in [6.45, 7) is 5.52. The highest BCUT2D eigenvalue weighted by Gasteiger charge is 2.37. The van der Waals surface area contributed by atoms with E-state index in [-0.39, 0.29) is 35.1 Å². The molecule has 1 fully saturated rings. The number of carboxylic acid groups (broad SMARTS) is 1. The van der Waals surface area contributed by atoms with Crippen LogP contribution in [-0.4, -0.2) is 41.1 Å². The second kappa shape index (κ2) is 12.6. The highest BCUT2D eigenvalue weighted by molar-refractivity contribution is 6.04. The fourth-order valence-corrected chi connectivity index (χ4v) is 4.72. The first-order valence-electron chi connectivity index (χ1n) is 12.9. The Labute approximate surface area is 229 Å². The van der Waals surface area contributed by atoms with Gasteiger partial charge in [0.05, 0.1) is 18.4 Å². The summed E-state index contributed by atoms with van der Waals surface area (Å²) in [6.07, 6.45) is -1.56. The molecule has 1 saturated carbocycles. The maximum absolute atomic E-state index is 15.4. The molecule has 2 aromatic rings. The van der Waals surface area contributed by atoms with E-state index >= 15 is 4.39 Å². The molecule has 1 N–H and O–H groups in total. The van der Waals surface area contributed by atoms with Crippen LogP contribution in [0.2, 0.25) is 0 Å². The molecule has 0 unspecified atom stereocenters. The van der Waals surface area contributed by atoms with Crippen molar-refractivity contribution in [1.82, 2.24) is 4.98 Å². The molecule has 218 valence electrons. The highest BCUT2D eigenvalue weighted by Crippen LogP contribution is 2.40. The topological polar surface area (TPSA) is 106 Å². The van der Waals surface area contributed by atoms with E-state index < -0.39 is 53.6 Å². The van der Waals surface area contributed by atoms with E-state index in [1.54, 1.807) is 13.8 Å². The van der Waals surface area contributed by atoms with Crippen LogP contribution in [0.25, 0.3) is 0 Å². The summed E-state index contributed by atoms with van der Waals surface area (Å²) in [5, 5.41) is 8.82. The van der Waals surface area contributed by atoms with Crippen molar-refractivity contribution in [3.63, 3.8) is 0 Å². The van der Waals surface area contributed by atoms with Crippen LogP contribution in [0, 0.1) is 17.7 Å². The summed E-state index contributed by atoms with van der Waals surface area (Å²) in [5.74, 6) is -5.09. The van der Waals surface area contributed by atoms with Gasteiger partial charge in [0.1, 0.15) is 5.56 Å². The predicted octanol–water partition coefficient (Wildman–Crippen LogP) is 6.40. The molecule has 0 spiro atoms. The first-order valence-corrected chi connectivity index (χ1v) is 12.9. The number of esters is 1. The summed E-state index contributed by atoms with van der Waals surface area (Å²) in [7, 11) is 1.08. The number of amides is 1. The molecule has 1 aliphatic rings. The van der Waals surface area contributed by atoms with Gasteiger partial charge >= 0.3 is 18.1 Å². The Morgan fingerprint density at radius 2 is 1.77 bits per heavy atom. The molecular weight excluding hydrogens is 536 g/mol. The second-order valence-electron chi connectivity index (χ2n) is 10.2. The Bertz CT molecular complexity index is 1260. The number of alkyl halides is 3. The van der Waals surface area contributed by atoms with Crippen molar-refractivity contribution >= 4 is 23.5 Å². The Balaban J connectivity index is 2.04. The third-order valence-electron chi connectivity index (χ3n) is 6.88. The molecular formula is C28H32F4N2O6. The number of carbonyl (C=O) groups excluding carboxylic acids is 2. The standard InChI is InChI=1S/C28H32F4N2O6/c1-15(2)34(26(37)18-8-5-16(3)6-9-18)22-13-21(29)23(12-19(22)27(38)39-4)40-25-20(28(30,31)32)11-17(14-33-25)7-10-24(35)36/h11-16,18H,5-10H2,1-4H3,(H,35,36)/t16-,18-. The number of carboxylic acids is 1. The lowest BCUT2D eigenvalue weighted by atomic mass is 9.82. The maximum atomic E-state index is 15.4. The van der Waals surface area contributed by atoms with Crippen LogP contribution in [0.1, 0.15) is 74.4 Å². The molecule has 0 bridgehead atoms. The molecule has 1 amide bonds. The van der Waals surface area contributed by atoms with Crippen molar-refractivity contribution in [3.05, 3.63) is 46.9 Å². The van der Waals surface area contributed by atoms with Crippen molar-refractivity contribution in [1.29, 1.82) is 0 Å². The van der Waals surface area contributed by atoms with Gasteiger partial charge in [-0.1, -0.05) is 6.92 Å². The normalized spacial score (nSPS) is 17.4. The van der Waals surface area contributed by atoms with Gasteiger partial charge in [0.25, 0.3) is 0 Å². The summed E-state index contributed by atoms with van der Waals surface area (Å²) in [6, 6.07) is 1.98. The van der Waals surface area contributed by atoms with E-state index in [4.69, 9.17) is 14.6 Å². The van der Waals surface area contributed by atoms with Crippen LogP contribution in [0.15, 0.2) is 24.4 Å². The van der Waals surface area contributed by atoms with Crippen LogP contribution in [0.4, 0.5) is 23.2 Å². The van der Waals surface area contributed by atoms with Gasteiger partial charge in [-0.15, -0.1) is 0 Å². The summed E-state index contributed by atoms with van der Waals surface area (Å²) in [5.41, 5.74) is -1.69. The zero-order valence-electron chi connectivity index (χ0n) is 22.7. The Hall–Kier alpha value is -3.70. The number of methoxy groups -OCH3 is 1. The van der Waals surface area contributed by atoms with E-state index in [2.05, 4.69) is 11.9 Å². The lowest BCUT2D eigenvalue weighted by molar-refractivity contribution is -0.139. The Morgan fingerprint density at radius 1 is 1.12 bits per heavy atom. The average molecular weight is 569 g/mol. The van der Waals surface area contributed by atoms with Crippen molar-refractivity contribution in [2.24, 2.45) is 11.8 Å². The van der Waals surface area contributed by atoms with Crippen LogP contribution >= 0.6 is 0 Å². The number of halogens is 4. The van der Waals surface area contributed by atoms with Crippen LogP contribution < -0.4 is 9.64 Å². The minimum atomic E-state index is -4.96. The molecule has 1 heterocycles.